The molecular weight excluding hydrogens is 556 g/mol. The Morgan fingerprint density at radius 1 is 1.07 bits per heavy atom. The second-order valence-electron chi connectivity index (χ2n) is 11.2. The first-order valence-electron chi connectivity index (χ1n) is 14.6. The van der Waals surface area contributed by atoms with Gasteiger partial charge in [-0.3, -0.25) is 14.4 Å². The number of hydrogen-bond acceptors (Lipinski definition) is 7. The number of imidazole rings is 1. The fourth-order valence-corrected chi connectivity index (χ4v) is 4.94. The molecule has 5 N–H and O–H groups in total. The van der Waals surface area contributed by atoms with Gasteiger partial charge in [-0.2, -0.15) is 0 Å². The van der Waals surface area contributed by atoms with Crippen molar-refractivity contribution in [3.05, 3.63) is 54.1 Å². The number of benzene rings is 1. The largest absolute Gasteiger partial charge is 0.480 e. The van der Waals surface area contributed by atoms with E-state index < -0.39 is 54.0 Å². The first-order chi connectivity index (χ1) is 20.5. The van der Waals surface area contributed by atoms with E-state index in [0.717, 1.165) is 5.56 Å². The summed E-state index contributed by atoms with van der Waals surface area (Å²) in [5.74, 6) is -3.42. The summed E-state index contributed by atoms with van der Waals surface area (Å²) in [6.07, 6.45) is 3.71. The smallest absolute Gasteiger partial charge is 0.408 e. The van der Waals surface area contributed by atoms with Crippen LogP contribution in [-0.2, 0) is 36.9 Å². The maximum Gasteiger partial charge on any atom is 0.408 e. The zero-order chi connectivity index (χ0) is 31.5. The highest BCUT2D eigenvalue weighted by Crippen LogP contribution is 2.21. The number of carboxylic acids is 1. The third kappa shape index (κ3) is 9.29. The van der Waals surface area contributed by atoms with Crippen molar-refractivity contribution in [1.29, 1.82) is 0 Å². The Hall–Kier alpha value is -4.42. The number of H-pyrrole nitrogens is 1. The number of aromatic amines is 1. The van der Waals surface area contributed by atoms with Crippen molar-refractivity contribution in [1.82, 2.24) is 30.8 Å². The zero-order valence-electron chi connectivity index (χ0n) is 25.0. The molecule has 0 aliphatic carbocycles. The van der Waals surface area contributed by atoms with Crippen molar-refractivity contribution >= 4 is 29.8 Å². The van der Waals surface area contributed by atoms with E-state index in [1.54, 1.807) is 20.8 Å². The SMILES string of the molecule is CC[C@H](C)[C@H](NC(=O)[C@@H]1CCCN1C(=O)[C@H](Cc1cnc[nH]1)NC(=O)[C@@H](NC(=O)OCc1ccccc1)C(C)C)C(=O)O. The second-order valence-corrected chi connectivity index (χ2v) is 11.2. The molecule has 234 valence electrons. The van der Waals surface area contributed by atoms with Gasteiger partial charge in [-0.05, 0) is 30.2 Å². The molecule has 1 fully saturated rings. The fraction of sp³-hybridized carbons (Fsp3) is 0.533. The number of hydrogen-bond donors (Lipinski definition) is 5. The number of carboxylic acid groups (broad SMARTS) is 1. The molecule has 0 saturated carbocycles. The maximum absolute atomic E-state index is 13.9. The first kappa shape index (κ1) is 33.1. The molecule has 3 rings (SSSR count). The van der Waals surface area contributed by atoms with Gasteiger partial charge in [-0.1, -0.05) is 64.4 Å². The van der Waals surface area contributed by atoms with E-state index in [4.69, 9.17) is 4.74 Å². The van der Waals surface area contributed by atoms with E-state index in [1.807, 2.05) is 37.3 Å². The molecule has 1 aliphatic heterocycles. The van der Waals surface area contributed by atoms with Crippen LogP contribution in [0.3, 0.4) is 0 Å². The van der Waals surface area contributed by atoms with Crippen molar-refractivity contribution in [3.63, 3.8) is 0 Å². The summed E-state index contributed by atoms with van der Waals surface area (Å²) in [6.45, 7) is 7.38. The number of aliphatic carboxylic acids is 1. The predicted molar refractivity (Wildman–Crippen MR) is 156 cm³/mol. The molecule has 13 heteroatoms. The van der Waals surface area contributed by atoms with Gasteiger partial charge in [0.25, 0.3) is 0 Å². The van der Waals surface area contributed by atoms with Crippen LogP contribution < -0.4 is 16.0 Å². The van der Waals surface area contributed by atoms with Crippen LogP contribution in [0.25, 0.3) is 0 Å². The monoisotopic (exact) mass is 598 g/mol. The minimum atomic E-state index is -1.14. The Balaban J connectivity index is 1.73. The normalized spacial score (nSPS) is 17.4. The van der Waals surface area contributed by atoms with Crippen LogP contribution in [0, 0.1) is 11.8 Å². The highest BCUT2D eigenvalue weighted by Gasteiger charge is 2.40. The summed E-state index contributed by atoms with van der Waals surface area (Å²) in [7, 11) is 0. The van der Waals surface area contributed by atoms with Gasteiger partial charge >= 0.3 is 12.1 Å². The van der Waals surface area contributed by atoms with Crippen molar-refractivity contribution in [2.75, 3.05) is 6.54 Å². The van der Waals surface area contributed by atoms with Gasteiger partial charge < -0.3 is 35.7 Å². The third-order valence-electron chi connectivity index (χ3n) is 7.64. The Morgan fingerprint density at radius 2 is 1.79 bits per heavy atom. The maximum atomic E-state index is 13.9. The van der Waals surface area contributed by atoms with Gasteiger partial charge in [0.2, 0.25) is 17.7 Å². The van der Waals surface area contributed by atoms with Gasteiger partial charge in [0, 0.05) is 24.9 Å². The number of rotatable bonds is 14. The van der Waals surface area contributed by atoms with Crippen LogP contribution in [0.15, 0.2) is 42.9 Å². The van der Waals surface area contributed by atoms with Gasteiger partial charge in [0.15, 0.2) is 0 Å². The lowest BCUT2D eigenvalue weighted by Gasteiger charge is -2.31. The number of aromatic nitrogens is 2. The molecule has 1 aromatic carbocycles. The highest BCUT2D eigenvalue weighted by atomic mass is 16.5. The molecule has 1 aromatic heterocycles. The number of ether oxygens (including phenoxy) is 1. The Labute approximate surface area is 251 Å². The number of carbonyl (C=O) groups excluding carboxylic acids is 4. The molecule has 5 atom stereocenters. The minimum Gasteiger partial charge on any atom is -0.480 e. The third-order valence-corrected chi connectivity index (χ3v) is 7.64. The van der Waals surface area contributed by atoms with Crippen LogP contribution >= 0.6 is 0 Å². The van der Waals surface area contributed by atoms with E-state index in [1.165, 1.54) is 17.4 Å². The summed E-state index contributed by atoms with van der Waals surface area (Å²) in [5, 5.41) is 17.6. The van der Waals surface area contributed by atoms with Gasteiger partial charge in [0.05, 0.1) is 6.33 Å². The zero-order valence-corrected chi connectivity index (χ0v) is 25.0. The van der Waals surface area contributed by atoms with Crippen LogP contribution in [0.1, 0.15) is 58.2 Å². The van der Waals surface area contributed by atoms with E-state index in [9.17, 15) is 29.1 Å². The van der Waals surface area contributed by atoms with Crippen LogP contribution in [0.4, 0.5) is 4.79 Å². The van der Waals surface area contributed by atoms with Gasteiger partial charge in [-0.15, -0.1) is 0 Å². The van der Waals surface area contributed by atoms with Crippen molar-refractivity contribution in [2.24, 2.45) is 11.8 Å². The number of nitrogens with one attached hydrogen (secondary N) is 4. The van der Waals surface area contributed by atoms with Gasteiger partial charge in [0.1, 0.15) is 30.8 Å². The van der Waals surface area contributed by atoms with Crippen molar-refractivity contribution in [2.45, 2.75) is 84.2 Å². The Bertz CT molecular complexity index is 1240. The first-order valence-corrected chi connectivity index (χ1v) is 14.6. The quantitative estimate of drug-likeness (QED) is 0.219. The summed E-state index contributed by atoms with van der Waals surface area (Å²) < 4.78 is 5.29. The number of likely N-dealkylation sites (tertiary alicyclic amines) is 1. The molecule has 2 heterocycles. The van der Waals surface area contributed by atoms with Gasteiger partial charge in [-0.25, -0.2) is 14.6 Å². The van der Waals surface area contributed by atoms with E-state index in [0.29, 0.717) is 25.0 Å². The predicted octanol–water partition coefficient (Wildman–Crippen LogP) is 1.99. The number of carbonyl (C=O) groups is 5. The molecule has 4 amide bonds. The van der Waals surface area contributed by atoms with E-state index in [-0.39, 0.29) is 31.4 Å². The molecule has 13 nitrogen and oxygen atoms in total. The lowest BCUT2D eigenvalue weighted by Crippen LogP contribution is -2.59. The summed E-state index contributed by atoms with van der Waals surface area (Å²) in [4.78, 5) is 73.2. The Morgan fingerprint density at radius 3 is 2.40 bits per heavy atom. The van der Waals surface area contributed by atoms with E-state index >= 15 is 0 Å². The molecule has 1 saturated heterocycles. The van der Waals surface area contributed by atoms with Crippen LogP contribution in [0.2, 0.25) is 0 Å². The lowest BCUT2D eigenvalue weighted by atomic mass is 9.98. The van der Waals surface area contributed by atoms with Crippen molar-refractivity contribution in [3.8, 4) is 0 Å². The summed E-state index contributed by atoms with van der Waals surface area (Å²) in [6, 6.07) is 5.04. The second kappa shape index (κ2) is 15.7. The summed E-state index contributed by atoms with van der Waals surface area (Å²) in [5.41, 5.74) is 1.37. The van der Waals surface area contributed by atoms with Crippen molar-refractivity contribution < 1.29 is 33.8 Å². The molecule has 43 heavy (non-hydrogen) atoms. The fourth-order valence-electron chi connectivity index (χ4n) is 4.94. The topological polar surface area (TPSA) is 183 Å². The number of amides is 4. The summed E-state index contributed by atoms with van der Waals surface area (Å²) >= 11 is 0. The van der Waals surface area contributed by atoms with Crippen LogP contribution in [0.5, 0.6) is 0 Å². The molecule has 0 bridgehead atoms. The number of nitrogens with zero attached hydrogens (tertiary/aromatic N) is 2. The highest BCUT2D eigenvalue weighted by molar-refractivity contribution is 5.95. The molecule has 0 radical (unpaired) electrons. The Kier molecular flexibility index (Phi) is 12.1. The molecular formula is C30H42N6O7. The standard InChI is InChI=1S/C30H42N6O7/c1-5-19(4)25(29(40)41)34-26(37)23-12-9-13-36(23)28(39)22(14-21-15-31-17-32-21)33-27(38)24(18(2)3)35-30(42)43-16-20-10-7-6-8-11-20/h6-8,10-11,15,17-19,22-25H,5,9,12-14,16H2,1-4H3,(H,31,32)(H,33,38)(H,34,37)(H,35,42)(H,40,41)/t19-,22-,23-,24-,25-/m0/s1. The molecule has 0 unspecified atom stereocenters. The molecule has 0 spiro atoms. The number of alkyl carbamates (subject to hydrolysis) is 1. The average molecular weight is 599 g/mol. The minimum absolute atomic E-state index is 0.0260. The van der Waals surface area contributed by atoms with Crippen LogP contribution in [-0.4, -0.2) is 80.5 Å². The molecule has 1 aliphatic rings. The average Bonchev–Trinajstić information content (AvgIpc) is 3.69. The molecule has 2 aromatic rings. The lowest BCUT2D eigenvalue weighted by molar-refractivity contribution is -0.146. The van der Waals surface area contributed by atoms with E-state index in [2.05, 4.69) is 25.9 Å².